The topological polar surface area (TPSA) is 88.2 Å². The Hall–Kier alpha value is -3.43. The van der Waals surface area contributed by atoms with Gasteiger partial charge >= 0.3 is 0 Å². The standard InChI is InChI=1S/C25H25FN6OS/c26-4-6-31-7-9-32(10-8-31)24-13-17(3-5-28-24)22(33)14-21-12-20-11-18(1-2-19(20)15-29-21)23-16-30-25(27)34-23/h1-3,5,11-13,15-16H,4,6-10,14H2,(H2,27,30). The lowest BCUT2D eigenvalue weighted by atomic mass is 10.0. The van der Waals surface area contributed by atoms with E-state index in [9.17, 15) is 9.18 Å². The molecule has 1 fully saturated rings. The summed E-state index contributed by atoms with van der Waals surface area (Å²) in [6.07, 6.45) is 5.46. The smallest absolute Gasteiger partial charge is 0.180 e. The summed E-state index contributed by atoms with van der Waals surface area (Å²) in [5.74, 6) is 0.781. The van der Waals surface area contributed by atoms with Crippen molar-refractivity contribution in [3.63, 3.8) is 0 Å². The summed E-state index contributed by atoms with van der Waals surface area (Å²) in [6.45, 7) is 3.27. The van der Waals surface area contributed by atoms with Crippen LogP contribution in [0.4, 0.5) is 15.3 Å². The van der Waals surface area contributed by atoms with Crippen molar-refractivity contribution in [2.75, 3.05) is 50.0 Å². The fraction of sp³-hybridized carbons (Fsp3) is 0.280. The monoisotopic (exact) mass is 476 g/mol. The van der Waals surface area contributed by atoms with Gasteiger partial charge in [0.2, 0.25) is 0 Å². The van der Waals surface area contributed by atoms with Gasteiger partial charge in [-0.05, 0) is 35.2 Å². The van der Waals surface area contributed by atoms with Gasteiger partial charge in [-0.25, -0.2) is 14.4 Å². The van der Waals surface area contributed by atoms with E-state index in [-0.39, 0.29) is 18.9 Å². The summed E-state index contributed by atoms with van der Waals surface area (Å²) < 4.78 is 12.6. The van der Waals surface area contributed by atoms with E-state index in [0.29, 0.717) is 17.2 Å². The van der Waals surface area contributed by atoms with Crippen molar-refractivity contribution in [3.05, 3.63) is 66.2 Å². The van der Waals surface area contributed by atoms with E-state index >= 15 is 0 Å². The number of carbonyl (C=O) groups excluding carboxylic acids is 1. The molecule has 2 N–H and O–H groups in total. The Kier molecular flexibility index (Phi) is 6.46. The van der Waals surface area contributed by atoms with Crippen molar-refractivity contribution in [1.29, 1.82) is 0 Å². The van der Waals surface area contributed by atoms with Gasteiger partial charge in [0, 0.05) is 68.0 Å². The third-order valence-electron chi connectivity index (χ3n) is 6.09. The Morgan fingerprint density at radius 2 is 1.85 bits per heavy atom. The van der Waals surface area contributed by atoms with Gasteiger partial charge < -0.3 is 10.6 Å². The summed E-state index contributed by atoms with van der Waals surface area (Å²) in [5, 5.41) is 2.56. The van der Waals surface area contributed by atoms with Gasteiger partial charge in [0.05, 0.1) is 11.3 Å². The first-order valence-corrected chi connectivity index (χ1v) is 12.0. The highest BCUT2D eigenvalue weighted by Crippen LogP contribution is 2.30. The maximum absolute atomic E-state index is 13.1. The van der Waals surface area contributed by atoms with Crippen molar-refractivity contribution < 1.29 is 9.18 Å². The van der Waals surface area contributed by atoms with E-state index in [4.69, 9.17) is 5.73 Å². The number of alkyl halides is 1. The number of hydrogen-bond acceptors (Lipinski definition) is 8. The summed E-state index contributed by atoms with van der Waals surface area (Å²) in [6, 6.07) is 11.7. The number of nitrogens with two attached hydrogens (primary N) is 1. The molecular weight excluding hydrogens is 451 g/mol. The van der Waals surface area contributed by atoms with Crippen LogP contribution in [0.2, 0.25) is 0 Å². The van der Waals surface area contributed by atoms with E-state index in [0.717, 1.165) is 58.9 Å². The lowest BCUT2D eigenvalue weighted by Gasteiger charge is -2.35. The predicted octanol–water partition coefficient (Wildman–Crippen LogP) is 3.85. The average Bonchev–Trinajstić information content (AvgIpc) is 3.30. The zero-order valence-electron chi connectivity index (χ0n) is 18.7. The van der Waals surface area contributed by atoms with Crippen LogP contribution in [0.3, 0.4) is 0 Å². The molecule has 34 heavy (non-hydrogen) atoms. The minimum Gasteiger partial charge on any atom is -0.375 e. The van der Waals surface area contributed by atoms with Crippen LogP contribution in [0.15, 0.2) is 55.0 Å². The maximum Gasteiger partial charge on any atom is 0.180 e. The van der Waals surface area contributed by atoms with Gasteiger partial charge in [0.1, 0.15) is 12.5 Å². The van der Waals surface area contributed by atoms with Gasteiger partial charge in [-0.2, -0.15) is 0 Å². The number of halogens is 1. The molecule has 4 heterocycles. The second-order valence-electron chi connectivity index (χ2n) is 8.32. The molecule has 0 radical (unpaired) electrons. The Morgan fingerprint density at radius 1 is 1.00 bits per heavy atom. The zero-order chi connectivity index (χ0) is 23.5. The molecule has 1 aliphatic rings. The maximum atomic E-state index is 13.1. The fourth-order valence-corrected chi connectivity index (χ4v) is 4.89. The van der Waals surface area contributed by atoms with Crippen LogP contribution in [0, 0.1) is 0 Å². The van der Waals surface area contributed by atoms with Gasteiger partial charge in [-0.15, -0.1) is 0 Å². The SMILES string of the molecule is Nc1ncc(-c2ccc3cnc(CC(=O)c4ccnc(N5CCN(CCF)CC5)c4)cc3c2)s1. The second-order valence-corrected chi connectivity index (χ2v) is 9.38. The number of rotatable bonds is 7. The molecule has 1 aliphatic heterocycles. The lowest BCUT2D eigenvalue weighted by Crippen LogP contribution is -2.47. The fourth-order valence-electron chi connectivity index (χ4n) is 4.21. The van der Waals surface area contributed by atoms with Gasteiger partial charge in [0.25, 0.3) is 0 Å². The number of pyridine rings is 2. The zero-order valence-corrected chi connectivity index (χ0v) is 19.5. The molecule has 5 rings (SSSR count). The van der Waals surface area contributed by atoms with Crippen LogP contribution in [0.5, 0.6) is 0 Å². The number of piperazine rings is 1. The largest absolute Gasteiger partial charge is 0.375 e. The number of thiazole rings is 1. The predicted molar refractivity (Wildman–Crippen MR) is 134 cm³/mol. The van der Waals surface area contributed by atoms with E-state index in [2.05, 4.69) is 30.8 Å². The molecule has 1 aromatic carbocycles. The van der Waals surface area contributed by atoms with Crippen molar-refractivity contribution >= 4 is 38.8 Å². The van der Waals surface area contributed by atoms with Crippen molar-refractivity contribution in [2.45, 2.75) is 6.42 Å². The van der Waals surface area contributed by atoms with Crippen molar-refractivity contribution in [3.8, 4) is 10.4 Å². The normalized spacial score (nSPS) is 14.6. The molecule has 0 atom stereocenters. The van der Waals surface area contributed by atoms with Crippen LogP contribution in [-0.2, 0) is 6.42 Å². The second kappa shape index (κ2) is 9.82. The molecule has 7 nitrogen and oxygen atoms in total. The molecule has 0 aliphatic carbocycles. The molecule has 3 aromatic heterocycles. The van der Waals surface area contributed by atoms with Crippen LogP contribution in [0.1, 0.15) is 16.1 Å². The van der Waals surface area contributed by atoms with Crippen molar-refractivity contribution in [1.82, 2.24) is 19.9 Å². The number of carbonyl (C=O) groups is 1. The Bertz CT molecular complexity index is 1320. The van der Waals surface area contributed by atoms with Gasteiger partial charge in [-0.3, -0.25) is 14.7 Å². The number of fused-ring (bicyclic) bond motifs is 1. The summed E-state index contributed by atoms with van der Waals surface area (Å²) in [5.41, 5.74) is 8.15. The number of nitrogen functional groups attached to an aromatic ring is 1. The van der Waals surface area contributed by atoms with Crippen LogP contribution in [-0.4, -0.2) is 65.0 Å². The van der Waals surface area contributed by atoms with E-state index < -0.39 is 0 Å². The average molecular weight is 477 g/mol. The third-order valence-corrected chi connectivity index (χ3v) is 6.97. The minimum absolute atomic E-state index is 0.00190. The Labute approximate surface area is 201 Å². The number of Topliss-reactive ketones (excluding diaryl/α,β-unsaturated/α-hetero) is 1. The molecule has 0 bridgehead atoms. The Morgan fingerprint density at radius 3 is 2.62 bits per heavy atom. The molecule has 0 spiro atoms. The highest BCUT2D eigenvalue weighted by molar-refractivity contribution is 7.18. The molecule has 0 unspecified atom stereocenters. The molecule has 0 amide bonds. The highest BCUT2D eigenvalue weighted by Gasteiger charge is 2.19. The highest BCUT2D eigenvalue weighted by atomic mass is 32.1. The number of ketones is 1. The quantitative estimate of drug-likeness (QED) is 0.405. The van der Waals surface area contributed by atoms with Crippen LogP contribution < -0.4 is 10.6 Å². The number of anilines is 2. The van der Waals surface area contributed by atoms with E-state index in [1.165, 1.54) is 11.3 Å². The van der Waals surface area contributed by atoms with Gasteiger partial charge in [-0.1, -0.05) is 23.5 Å². The number of nitrogens with zero attached hydrogens (tertiary/aromatic N) is 5. The van der Waals surface area contributed by atoms with Crippen molar-refractivity contribution in [2.24, 2.45) is 0 Å². The summed E-state index contributed by atoms with van der Waals surface area (Å²) in [4.78, 5) is 31.4. The van der Waals surface area contributed by atoms with Crippen LogP contribution >= 0.6 is 11.3 Å². The van der Waals surface area contributed by atoms with Crippen LogP contribution in [0.25, 0.3) is 21.2 Å². The molecule has 4 aromatic rings. The summed E-state index contributed by atoms with van der Waals surface area (Å²) in [7, 11) is 0. The summed E-state index contributed by atoms with van der Waals surface area (Å²) >= 11 is 1.44. The molecule has 1 saturated heterocycles. The Balaban J connectivity index is 1.31. The number of hydrogen-bond donors (Lipinski definition) is 1. The molecular formula is C25H25FN6OS. The lowest BCUT2D eigenvalue weighted by molar-refractivity contribution is 0.0992. The first kappa shape index (κ1) is 22.4. The minimum atomic E-state index is -0.327. The molecule has 174 valence electrons. The van der Waals surface area contributed by atoms with E-state index in [1.807, 2.05) is 24.3 Å². The number of benzene rings is 1. The molecule has 0 saturated carbocycles. The molecule has 9 heteroatoms. The van der Waals surface area contributed by atoms with E-state index in [1.54, 1.807) is 24.7 Å². The number of aromatic nitrogens is 3. The first-order valence-electron chi connectivity index (χ1n) is 11.2. The van der Waals surface area contributed by atoms with Gasteiger partial charge in [0.15, 0.2) is 10.9 Å². The first-order chi connectivity index (χ1) is 16.6. The third kappa shape index (κ3) is 4.90.